The van der Waals surface area contributed by atoms with Crippen molar-refractivity contribution in [3.63, 3.8) is 0 Å². The number of nitrogens with zero attached hydrogens (tertiary/aromatic N) is 2. The van der Waals surface area contributed by atoms with Gasteiger partial charge in [0.25, 0.3) is 10.8 Å². The average Bonchev–Trinajstić information content (AvgIpc) is 3.12. The molecule has 5 rings (SSSR count). The summed E-state index contributed by atoms with van der Waals surface area (Å²) in [6.07, 6.45) is 0. The molecule has 2 aliphatic heterocycles. The largest absolute Gasteiger partial charge is 0.304 e. The van der Waals surface area contributed by atoms with Crippen LogP contribution in [0.5, 0.6) is 0 Å². The zero-order valence-electron chi connectivity index (χ0n) is 16.2. The first-order chi connectivity index (χ1) is 14.9. The standard InChI is InChI=1S/C23H17FN2O4S/c24-17-9-6-10-18(13-17)26-21(27)15-31(29,30)23(26)19-11-4-5-12-20(19)25(22(23)28)14-16-7-2-1-3-8-16/h1-13H,14-15H2. The van der Waals surface area contributed by atoms with Gasteiger partial charge in [0, 0.05) is 11.3 Å². The predicted octanol–water partition coefficient (Wildman–Crippen LogP) is 2.99. The third-order valence-electron chi connectivity index (χ3n) is 5.67. The van der Waals surface area contributed by atoms with Crippen molar-refractivity contribution in [2.45, 2.75) is 11.4 Å². The van der Waals surface area contributed by atoms with Crippen LogP contribution in [0.25, 0.3) is 0 Å². The Bertz CT molecular complexity index is 1330. The van der Waals surface area contributed by atoms with Crippen LogP contribution < -0.4 is 9.80 Å². The summed E-state index contributed by atoms with van der Waals surface area (Å²) in [6.45, 7) is 0.138. The molecule has 3 aromatic rings. The van der Waals surface area contributed by atoms with Gasteiger partial charge in [-0.15, -0.1) is 0 Å². The second-order valence-corrected chi connectivity index (χ2v) is 9.62. The lowest BCUT2D eigenvalue weighted by atomic mass is 10.0. The summed E-state index contributed by atoms with van der Waals surface area (Å²) in [5, 5.41) is 0. The van der Waals surface area contributed by atoms with Crippen LogP contribution in [-0.4, -0.2) is 26.0 Å². The predicted molar refractivity (Wildman–Crippen MR) is 113 cm³/mol. The number of anilines is 2. The minimum atomic E-state index is -4.27. The average molecular weight is 436 g/mol. The first kappa shape index (κ1) is 19.4. The smallest absolute Gasteiger partial charge is 0.274 e. The number of benzene rings is 3. The number of carbonyl (C=O) groups is 2. The van der Waals surface area contributed by atoms with Crippen molar-refractivity contribution in [2.24, 2.45) is 0 Å². The Hall–Kier alpha value is -3.52. The van der Waals surface area contributed by atoms with Crippen molar-refractivity contribution in [1.82, 2.24) is 0 Å². The Labute approximate surface area is 178 Å². The molecule has 2 amide bonds. The van der Waals surface area contributed by atoms with Crippen LogP contribution in [0, 0.1) is 5.82 Å². The molecule has 2 aliphatic rings. The molecule has 1 fully saturated rings. The molecule has 2 heterocycles. The summed E-state index contributed by atoms with van der Waals surface area (Å²) in [5.41, 5.74) is 1.44. The van der Waals surface area contributed by atoms with Crippen molar-refractivity contribution in [3.8, 4) is 0 Å². The minimum absolute atomic E-state index is 0.0239. The molecule has 1 spiro atoms. The van der Waals surface area contributed by atoms with E-state index in [0.717, 1.165) is 16.5 Å². The SMILES string of the molecule is O=C1CS(=O)(=O)C2(C(=O)N(Cc3ccccc3)c3ccccc32)N1c1cccc(F)c1. The van der Waals surface area contributed by atoms with Gasteiger partial charge in [-0.25, -0.2) is 12.8 Å². The van der Waals surface area contributed by atoms with Gasteiger partial charge >= 0.3 is 0 Å². The first-order valence-electron chi connectivity index (χ1n) is 9.62. The van der Waals surface area contributed by atoms with Crippen molar-refractivity contribution in [2.75, 3.05) is 15.6 Å². The number of hydrogen-bond acceptors (Lipinski definition) is 4. The van der Waals surface area contributed by atoms with E-state index in [-0.39, 0.29) is 17.8 Å². The number of fused-ring (bicyclic) bond motifs is 2. The number of rotatable bonds is 3. The van der Waals surface area contributed by atoms with Crippen molar-refractivity contribution in [1.29, 1.82) is 0 Å². The maximum atomic E-state index is 14.0. The summed E-state index contributed by atoms with van der Waals surface area (Å²) in [4.78, 5) is 26.9. The normalized spacial score (nSPS) is 21.7. The van der Waals surface area contributed by atoms with Gasteiger partial charge < -0.3 is 4.90 Å². The summed E-state index contributed by atoms with van der Waals surface area (Å²) in [5.74, 6) is -2.98. The molecule has 156 valence electrons. The fraction of sp³-hybridized carbons (Fsp3) is 0.130. The van der Waals surface area contributed by atoms with E-state index in [1.807, 2.05) is 30.3 Å². The van der Waals surface area contributed by atoms with Crippen LogP contribution in [0.15, 0.2) is 78.9 Å². The van der Waals surface area contributed by atoms with Gasteiger partial charge in [0.1, 0.15) is 11.6 Å². The van der Waals surface area contributed by atoms with Crippen LogP contribution >= 0.6 is 0 Å². The highest BCUT2D eigenvalue weighted by Crippen LogP contribution is 2.52. The lowest BCUT2D eigenvalue weighted by molar-refractivity contribution is -0.123. The zero-order valence-corrected chi connectivity index (χ0v) is 17.0. The fourth-order valence-electron chi connectivity index (χ4n) is 4.43. The molecule has 0 radical (unpaired) electrons. The second kappa shape index (κ2) is 6.75. The number of hydrogen-bond donors (Lipinski definition) is 0. The van der Waals surface area contributed by atoms with Crippen molar-refractivity contribution >= 4 is 33.0 Å². The number of halogens is 1. The Morgan fingerprint density at radius 3 is 2.35 bits per heavy atom. The highest BCUT2D eigenvalue weighted by molar-refractivity contribution is 7.94. The van der Waals surface area contributed by atoms with Gasteiger partial charge in [0.15, 0.2) is 9.84 Å². The van der Waals surface area contributed by atoms with Gasteiger partial charge in [-0.05, 0) is 29.8 Å². The highest BCUT2D eigenvalue weighted by Gasteiger charge is 2.69. The Morgan fingerprint density at radius 1 is 0.903 bits per heavy atom. The molecule has 31 heavy (non-hydrogen) atoms. The zero-order chi connectivity index (χ0) is 21.8. The van der Waals surface area contributed by atoms with Crippen LogP contribution in [0.1, 0.15) is 11.1 Å². The van der Waals surface area contributed by atoms with Gasteiger partial charge in [-0.1, -0.05) is 54.6 Å². The van der Waals surface area contributed by atoms with E-state index >= 15 is 0 Å². The van der Waals surface area contributed by atoms with Crippen LogP contribution in [0.3, 0.4) is 0 Å². The number of sulfone groups is 1. The van der Waals surface area contributed by atoms with Crippen molar-refractivity contribution < 1.29 is 22.4 Å². The summed E-state index contributed by atoms with van der Waals surface area (Å²) >= 11 is 0. The van der Waals surface area contributed by atoms with E-state index in [2.05, 4.69) is 0 Å². The quantitative estimate of drug-likeness (QED) is 0.633. The summed E-state index contributed by atoms with van der Waals surface area (Å²) < 4.78 is 40.9. The Balaban J connectivity index is 1.76. The summed E-state index contributed by atoms with van der Waals surface area (Å²) in [6, 6.07) is 20.8. The molecule has 1 atom stereocenters. The molecule has 3 aromatic carbocycles. The lowest BCUT2D eigenvalue weighted by Gasteiger charge is -2.32. The molecule has 0 aliphatic carbocycles. The molecule has 0 bridgehead atoms. The van der Waals surface area contributed by atoms with Gasteiger partial charge in [-0.3, -0.25) is 14.5 Å². The van der Waals surface area contributed by atoms with E-state index in [4.69, 9.17) is 0 Å². The van der Waals surface area contributed by atoms with Crippen LogP contribution in [0.4, 0.5) is 15.8 Å². The number of para-hydroxylation sites is 1. The Morgan fingerprint density at radius 2 is 1.61 bits per heavy atom. The minimum Gasteiger partial charge on any atom is -0.304 e. The van der Waals surface area contributed by atoms with Crippen LogP contribution in [0.2, 0.25) is 0 Å². The van der Waals surface area contributed by atoms with E-state index in [0.29, 0.717) is 5.69 Å². The number of carbonyl (C=O) groups excluding carboxylic acids is 2. The first-order valence-corrected chi connectivity index (χ1v) is 11.3. The second-order valence-electron chi connectivity index (χ2n) is 7.51. The molecule has 1 unspecified atom stereocenters. The van der Waals surface area contributed by atoms with E-state index in [1.165, 1.54) is 23.1 Å². The van der Waals surface area contributed by atoms with Crippen molar-refractivity contribution in [3.05, 3.63) is 95.8 Å². The third kappa shape index (κ3) is 2.64. The fourth-order valence-corrected chi connectivity index (χ4v) is 6.46. The van der Waals surface area contributed by atoms with Gasteiger partial charge in [0.05, 0.1) is 12.2 Å². The molecular weight excluding hydrogens is 419 g/mol. The molecule has 8 heteroatoms. The topological polar surface area (TPSA) is 74.8 Å². The molecule has 0 N–H and O–H groups in total. The lowest BCUT2D eigenvalue weighted by Crippen LogP contribution is -2.54. The number of amides is 2. The molecular formula is C23H17FN2O4S. The summed E-state index contributed by atoms with van der Waals surface area (Å²) in [7, 11) is -4.27. The van der Waals surface area contributed by atoms with Crippen LogP contribution in [-0.2, 0) is 30.8 Å². The van der Waals surface area contributed by atoms with Gasteiger partial charge in [-0.2, -0.15) is 0 Å². The maximum absolute atomic E-state index is 14.0. The monoisotopic (exact) mass is 436 g/mol. The molecule has 6 nitrogen and oxygen atoms in total. The highest BCUT2D eigenvalue weighted by atomic mass is 32.2. The van der Waals surface area contributed by atoms with E-state index < -0.39 is 38.1 Å². The molecule has 0 saturated carbocycles. The van der Waals surface area contributed by atoms with E-state index in [9.17, 15) is 22.4 Å². The Kier molecular flexibility index (Phi) is 4.23. The maximum Gasteiger partial charge on any atom is 0.274 e. The third-order valence-corrected chi connectivity index (χ3v) is 7.78. The molecule has 0 aromatic heterocycles. The molecule has 1 saturated heterocycles. The van der Waals surface area contributed by atoms with Gasteiger partial charge in [0.2, 0.25) is 5.91 Å². The van der Waals surface area contributed by atoms with E-state index in [1.54, 1.807) is 24.3 Å².